The maximum absolute atomic E-state index is 13.1. The summed E-state index contributed by atoms with van der Waals surface area (Å²) in [5.74, 6) is 0.329. The quantitative estimate of drug-likeness (QED) is 0.208. The number of carboxylic acid groups (broad SMARTS) is 1. The Kier molecular flexibility index (Phi) is 12.4. The first-order chi connectivity index (χ1) is 19.3. The monoisotopic (exact) mass is 588 g/mol. The summed E-state index contributed by atoms with van der Waals surface area (Å²) in [6, 6.07) is 19.5. The average Bonchev–Trinajstić information content (AvgIpc) is 2.92. The van der Waals surface area contributed by atoms with Crippen LogP contribution >= 0.6 is 23.2 Å². The lowest BCUT2D eigenvalue weighted by atomic mass is 10.1. The Morgan fingerprint density at radius 2 is 1.57 bits per heavy atom. The summed E-state index contributed by atoms with van der Waals surface area (Å²) in [5.41, 5.74) is 2.48. The number of rotatable bonds is 15. The van der Waals surface area contributed by atoms with Gasteiger partial charge < -0.3 is 29.5 Å². The third-order valence-corrected chi connectivity index (χ3v) is 6.50. The molecule has 0 radical (unpaired) electrons. The molecular formula is C30H34Cl2N2O6. The second kappa shape index (κ2) is 16.0. The second-order valence-corrected chi connectivity index (χ2v) is 9.88. The van der Waals surface area contributed by atoms with Crippen LogP contribution in [0.5, 0.6) is 11.5 Å². The van der Waals surface area contributed by atoms with Crippen LogP contribution in [0.15, 0.2) is 66.7 Å². The van der Waals surface area contributed by atoms with Crippen molar-refractivity contribution < 1.29 is 28.9 Å². The number of aliphatic carboxylic acids is 1. The Bertz CT molecular complexity index is 1220. The van der Waals surface area contributed by atoms with Crippen LogP contribution in [0.3, 0.4) is 0 Å². The van der Waals surface area contributed by atoms with Crippen molar-refractivity contribution in [3.05, 3.63) is 87.9 Å². The van der Waals surface area contributed by atoms with Gasteiger partial charge in [0.2, 0.25) is 0 Å². The summed E-state index contributed by atoms with van der Waals surface area (Å²) in [4.78, 5) is 26.2. The third-order valence-electron chi connectivity index (χ3n) is 6.06. The molecule has 0 bridgehead atoms. The van der Waals surface area contributed by atoms with Gasteiger partial charge in [-0.25, -0.2) is 9.59 Å². The number of methoxy groups -OCH3 is 1. The molecule has 0 aliphatic rings. The lowest BCUT2D eigenvalue weighted by molar-refractivity contribution is -0.149. The van der Waals surface area contributed by atoms with Crippen molar-refractivity contribution in [1.29, 1.82) is 0 Å². The van der Waals surface area contributed by atoms with Crippen molar-refractivity contribution in [2.45, 2.75) is 32.3 Å². The van der Waals surface area contributed by atoms with Crippen molar-refractivity contribution in [3.8, 4) is 11.5 Å². The zero-order chi connectivity index (χ0) is 28.9. The standard InChI is InChI=1S/C30H34Cl2N2O6/c1-3-39-28(29(35)36)19-21-6-10-27(11-7-21)40-16-15-34(14-4-5-22-17-23(31)20-24(32)18-22)30(37)33-25-8-12-26(38-2)13-9-25/h6-13,17-18,20,28H,3-5,14-16,19H2,1-2H3,(H,33,37)(H,35,36). The fraction of sp³-hybridized carbons (Fsp3) is 0.333. The van der Waals surface area contributed by atoms with Crippen molar-refractivity contribution in [2.24, 2.45) is 0 Å². The summed E-state index contributed by atoms with van der Waals surface area (Å²) in [5, 5.41) is 13.4. The SMILES string of the molecule is CCOC(Cc1ccc(OCCN(CCCc2cc(Cl)cc(Cl)c2)C(=O)Nc2ccc(OC)cc2)cc1)C(=O)O. The van der Waals surface area contributed by atoms with Crippen molar-refractivity contribution in [3.63, 3.8) is 0 Å². The highest BCUT2D eigenvalue weighted by Gasteiger charge is 2.18. The molecule has 0 saturated heterocycles. The number of hydrogen-bond acceptors (Lipinski definition) is 5. The van der Waals surface area contributed by atoms with E-state index < -0.39 is 12.1 Å². The van der Waals surface area contributed by atoms with Crippen LogP contribution in [0.2, 0.25) is 10.0 Å². The van der Waals surface area contributed by atoms with Gasteiger partial charge in [0.25, 0.3) is 0 Å². The van der Waals surface area contributed by atoms with E-state index in [9.17, 15) is 14.7 Å². The van der Waals surface area contributed by atoms with E-state index in [0.29, 0.717) is 59.8 Å². The summed E-state index contributed by atoms with van der Waals surface area (Å²) in [7, 11) is 1.59. The lowest BCUT2D eigenvalue weighted by Crippen LogP contribution is -2.38. The number of nitrogens with one attached hydrogen (secondary N) is 1. The number of ether oxygens (including phenoxy) is 3. The van der Waals surface area contributed by atoms with Crippen LogP contribution in [0.25, 0.3) is 0 Å². The minimum atomic E-state index is -0.992. The average molecular weight is 590 g/mol. The van der Waals surface area contributed by atoms with Gasteiger partial charge in [0.05, 0.1) is 13.7 Å². The van der Waals surface area contributed by atoms with Gasteiger partial charge in [-0.15, -0.1) is 0 Å². The minimum absolute atomic E-state index is 0.246. The maximum atomic E-state index is 13.1. The van der Waals surface area contributed by atoms with Gasteiger partial charge in [0, 0.05) is 35.3 Å². The van der Waals surface area contributed by atoms with E-state index in [1.807, 2.05) is 24.3 Å². The van der Waals surface area contributed by atoms with E-state index in [0.717, 1.165) is 11.1 Å². The molecule has 1 unspecified atom stereocenters. The molecule has 3 rings (SSSR count). The number of anilines is 1. The molecule has 0 heterocycles. The molecule has 2 amide bonds. The molecule has 0 aliphatic carbocycles. The molecule has 0 spiro atoms. The van der Waals surface area contributed by atoms with Gasteiger partial charge in [-0.2, -0.15) is 0 Å². The highest BCUT2D eigenvalue weighted by atomic mass is 35.5. The summed E-state index contributed by atoms with van der Waals surface area (Å²) in [6.45, 7) is 3.21. The zero-order valence-corrected chi connectivity index (χ0v) is 24.1. The Balaban J connectivity index is 1.59. The minimum Gasteiger partial charge on any atom is -0.497 e. The molecule has 0 aliphatic heterocycles. The number of aryl methyl sites for hydroxylation is 1. The number of urea groups is 1. The first-order valence-corrected chi connectivity index (χ1v) is 13.7. The Hall–Kier alpha value is -3.46. The Labute approximate surface area is 244 Å². The van der Waals surface area contributed by atoms with Gasteiger partial charge in [0.1, 0.15) is 18.1 Å². The first kappa shape index (κ1) is 31.1. The van der Waals surface area contributed by atoms with Gasteiger partial charge in [0.15, 0.2) is 6.10 Å². The maximum Gasteiger partial charge on any atom is 0.333 e. The topological polar surface area (TPSA) is 97.3 Å². The molecule has 0 fully saturated rings. The smallest absolute Gasteiger partial charge is 0.333 e. The number of nitrogens with zero attached hydrogens (tertiary/aromatic N) is 1. The molecule has 3 aromatic carbocycles. The van der Waals surface area contributed by atoms with Crippen LogP contribution in [-0.2, 0) is 22.4 Å². The molecular weight excluding hydrogens is 555 g/mol. The Morgan fingerprint density at radius 3 is 2.17 bits per heavy atom. The number of amides is 2. The van der Waals surface area contributed by atoms with Crippen LogP contribution < -0.4 is 14.8 Å². The van der Waals surface area contributed by atoms with Crippen LogP contribution in [-0.4, -0.2) is 61.5 Å². The van der Waals surface area contributed by atoms with E-state index in [2.05, 4.69) is 5.32 Å². The summed E-state index contributed by atoms with van der Waals surface area (Å²) >= 11 is 12.3. The molecule has 0 aromatic heterocycles. The van der Waals surface area contributed by atoms with Gasteiger partial charge >= 0.3 is 12.0 Å². The van der Waals surface area contributed by atoms with E-state index in [4.69, 9.17) is 37.4 Å². The van der Waals surface area contributed by atoms with Crippen LogP contribution in [0.4, 0.5) is 10.5 Å². The predicted octanol–water partition coefficient (Wildman–Crippen LogP) is 6.58. The molecule has 2 N–H and O–H groups in total. The van der Waals surface area contributed by atoms with Gasteiger partial charge in [-0.05, 0) is 85.5 Å². The highest BCUT2D eigenvalue weighted by molar-refractivity contribution is 6.34. The fourth-order valence-corrected chi connectivity index (χ4v) is 4.62. The zero-order valence-electron chi connectivity index (χ0n) is 22.6. The van der Waals surface area contributed by atoms with Crippen molar-refractivity contribution >= 4 is 40.9 Å². The third kappa shape index (κ3) is 10.3. The number of halogens is 2. The fourth-order valence-electron chi connectivity index (χ4n) is 4.05. The first-order valence-electron chi connectivity index (χ1n) is 13.0. The number of carboxylic acids is 1. The van der Waals surface area contributed by atoms with E-state index in [1.54, 1.807) is 61.4 Å². The predicted molar refractivity (Wildman–Crippen MR) is 157 cm³/mol. The highest BCUT2D eigenvalue weighted by Crippen LogP contribution is 2.21. The van der Waals surface area contributed by atoms with Crippen molar-refractivity contribution in [2.75, 3.05) is 38.7 Å². The summed E-state index contributed by atoms with van der Waals surface area (Å²) in [6.07, 6.45) is 0.776. The lowest BCUT2D eigenvalue weighted by Gasteiger charge is -2.23. The van der Waals surface area contributed by atoms with Gasteiger partial charge in [-0.3, -0.25) is 0 Å². The van der Waals surface area contributed by atoms with E-state index in [-0.39, 0.29) is 19.1 Å². The second-order valence-electron chi connectivity index (χ2n) is 9.01. The Morgan fingerprint density at radius 1 is 0.925 bits per heavy atom. The molecule has 8 nitrogen and oxygen atoms in total. The molecule has 214 valence electrons. The normalized spacial score (nSPS) is 11.5. The summed E-state index contributed by atoms with van der Waals surface area (Å²) < 4.78 is 16.4. The van der Waals surface area contributed by atoms with E-state index in [1.165, 1.54) is 0 Å². The number of carbonyl (C=O) groups is 2. The molecule has 1 atom stereocenters. The largest absolute Gasteiger partial charge is 0.497 e. The van der Waals surface area contributed by atoms with Crippen LogP contribution in [0.1, 0.15) is 24.5 Å². The number of carbonyl (C=O) groups excluding carboxylic acids is 1. The number of benzene rings is 3. The van der Waals surface area contributed by atoms with E-state index >= 15 is 0 Å². The van der Waals surface area contributed by atoms with Crippen LogP contribution in [0, 0.1) is 0 Å². The number of hydrogen-bond donors (Lipinski definition) is 2. The van der Waals surface area contributed by atoms with Gasteiger partial charge in [-0.1, -0.05) is 35.3 Å². The molecule has 10 heteroatoms. The van der Waals surface area contributed by atoms with Crippen molar-refractivity contribution in [1.82, 2.24) is 4.90 Å². The molecule has 0 saturated carbocycles. The molecule has 40 heavy (non-hydrogen) atoms. The molecule has 3 aromatic rings.